The van der Waals surface area contributed by atoms with E-state index in [1.807, 2.05) is 0 Å². The first-order valence-corrected chi connectivity index (χ1v) is 11.0. The summed E-state index contributed by atoms with van der Waals surface area (Å²) in [6.07, 6.45) is 1.21. The molecule has 0 saturated carbocycles. The summed E-state index contributed by atoms with van der Waals surface area (Å²) in [4.78, 5) is 3.88. The maximum atomic E-state index is 14.7. The molecule has 0 bridgehead atoms. The Balaban J connectivity index is 2.26. The maximum Gasteiger partial charge on any atom is 0.189 e. The van der Waals surface area contributed by atoms with Gasteiger partial charge in [0, 0.05) is 23.3 Å². The molecular formula is C20H16Cl2F2N2O3S. The number of rotatable bonds is 7. The fraction of sp³-hybridized carbons (Fsp3) is 0.150. The first-order valence-electron chi connectivity index (χ1n) is 8.68. The van der Waals surface area contributed by atoms with E-state index in [4.69, 9.17) is 28.3 Å². The molecule has 1 heterocycles. The Hall–Kier alpha value is -2.26. The lowest BCUT2D eigenvalue weighted by atomic mass is 10.0. The number of nitrogens with zero attached hydrogens (tertiary/aromatic N) is 1. The van der Waals surface area contributed by atoms with E-state index in [2.05, 4.69) is 10.3 Å². The SMILES string of the molecule is O=S(=O)(c1ccc(Cl)cc1)C(c1cc(F)ccc1F)c1cc(NCCO)ncc1Cl. The first kappa shape index (κ1) is 22.4. The standard InChI is InChI=1S/C20H16Cl2F2N2O3S/c21-12-1-4-14(5-2-12)30(28,29)20(16-9-13(23)3-6-18(16)24)15-10-19(25-7-8-27)26-11-17(15)22/h1-6,9-11,20,27H,7-8H2,(H,25,26). The van der Waals surface area contributed by atoms with Crippen LogP contribution in [0.4, 0.5) is 14.6 Å². The van der Waals surface area contributed by atoms with Crippen LogP contribution in [-0.2, 0) is 9.84 Å². The zero-order chi connectivity index (χ0) is 21.9. The summed E-state index contributed by atoms with van der Waals surface area (Å²) in [6.45, 7) is -0.0400. The molecular weight excluding hydrogens is 457 g/mol. The van der Waals surface area contributed by atoms with Gasteiger partial charge in [-0.15, -0.1) is 0 Å². The molecule has 1 atom stereocenters. The maximum absolute atomic E-state index is 14.7. The molecule has 3 rings (SSSR count). The summed E-state index contributed by atoms with van der Waals surface area (Å²) >= 11 is 12.1. The average Bonchev–Trinajstić information content (AvgIpc) is 2.71. The molecule has 2 aromatic carbocycles. The molecule has 0 fully saturated rings. The average molecular weight is 473 g/mol. The van der Waals surface area contributed by atoms with Crippen LogP contribution in [0.15, 0.2) is 59.6 Å². The summed E-state index contributed by atoms with van der Waals surface area (Å²) in [6, 6.07) is 9.24. The van der Waals surface area contributed by atoms with E-state index < -0.39 is 32.3 Å². The molecule has 0 saturated heterocycles. The fourth-order valence-corrected chi connectivity index (χ4v) is 5.15. The van der Waals surface area contributed by atoms with Gasteiger partial charge in [-0.1, -0.05) is 23.2 Å². The molecule has 0 spiro atoms. The number of hydrogen-bond acceptors (Lipinski definition) is 5. The van der Waals surface area contributed by atoms with Crippen molar-refractivity contribution in [1.29, 1.82) is 0 Å². The number of aromatic nitrogens is 1. The number of hydrogen-bond donors (Lipinski definition) is 2. The number of halogens is 4. The third-order valence-electron chi connectivity index (χ3n) is 4.28. The molecule has 1 unspecified atom stereocenters. The molecule has 0 aliphatic heterocycles. The van der Waals surface area contributed by atoms with Crippen molar-refractivity contribution >= 4 is 38.9 Å². The van der Waals surface area contributed by atoms with Crippen LogP contribution in [0.25, 0.3) is 0 Å². The van der Waals surface area contributed by atoms with Crippen molar-refractivity contribution in [3.63, 3.8) is 0 Å². The van der Waals surface area contributed by atoms with Gasteiger partial charge in [0.2, 0.25) is 0 Å². The lowest BCUT2D eigenvalue weighted by molar-refractivity contribution is 0.311. The number of pyridine rings is 1. The Morgan fingerprint density at radius 1 is 1.03 bits per heavy atom. The highest BCUT2D eigenvalue weighted by Crippen LogP contribution is 2.40. The highest BCUT2D eigenvalue weighted by Gasteiger charge is 2.35. The third kappa shape index (κ3) is 4.73. The normalized spacial score (nSPS) is 12.6. The van der Waals surface area contributed by atoms with Gasteiger partial charge in [0.15, 0.2) is 9.84 Å². The molecule has 1 aromatic heterocycles. The van der Waals surface area contributed by atoms with Crippen molar-refractivity contribution in [1.82, 2.24) is 4.98 Å². The van der Waals surface area contributed by atoms with Gasteiger partial charge in [0.25, 0.3) is 0 Å². The Kier molecular flexibility index (Phi) is 6.92. The van der Waals surface area contributed by atoms with Crippen molar-refractivity contribution in [2.75, 3.05) is 18.5 Å². The lowest BCUT2D eigenvalue weighted by Crippen LogP contribution is -2.18. The minimum Gasteiger partial charge on any atom is -0.395 e. The minimum atomic E-state index is -4.28. The third-order valence-corrected chi connectivity index (χ3v) is 6.90. The Morgan fingerprint density at radius 2 is 1.73 bits per heavy atom. The number of benzene rings is 2. The predicted octanol–water partition coefficient (Wildman–Crippen LogP) is 4.63. The Morgan fingerprint density at radius 3 is 2.40 bits per heavy atom. The summed E-state index contributed by atoms with van der Waals surface area (Å²) in [5.74, 6) is -1.49. The Bertz CT molecular complexity index is 1160. The van der Waals surface area contributed by atoms with Gasteiger partial charge in [-0.05, 0) is 54.1 Å². The van der Waals surface area contributed by atoms with Crippen molar-refractivity contribution in [3.05, 3.63) is 87.5 Å². The molecule has 0 aliphatic rings. The molecule has 30 heavy (non-hydrogen) atoms. The molecule has 2 N–H and O–H groups in total. The van der Waals surface area contributed by atoms with Crippen molar-refractivity contribution in [2.45, 2.75) is 10.1 Å². The van der Waals surface area contributed by atoms with Gasteiger partial charge in [-0.25, -0.2) is 22.2 Å². The molecule has 3 aromatic rings. The van der Waals surface area contributed by atoms with Crippen LogP contribution in [0.3, 0.4) is 0 Å². The minimum absolute atomic E-state index is 0.00607. The number of anilines is 1. The van der Waals surface area contributed by atoms with Gasteiger partial charge in [-0.3, -0.25) is 0 Å². The molecule has 158 valence electrons. The second-order valence-corrected chi connectivity index (χ2v) is 9.16. The number of aliphatic hydroxyl groups is 1. The second-order valence-electron chi connectivity index (χ2n) is 6.29. The number of aliphatic hydroxyl groups excluding tert-OH is 1. The number of nitrogens with one attached hydrogen (secondary N) is 1. The van der Waals surface area contributed by atoms with Crippen LogP contribution in [0.2, 0.25) is 10.0 Å². The van der Waals surface area contributed by atoms with Crippen LogP contribution in [-0.4, -0.2) is 31.7 Å². The summed E-state index contributed by atoms with van der Waals surface area (Å²) < 4.78 is 55.7. The van der Waals surface area contributed by atoms with Gasteiger partial charge >= 0.3 is 0 Å². The summed E-state index contributed by atoms with van der Waals surface area (Å²) in [7, 11) is -4.28. The van der Waals surface area contributed by atoms with E-state index in [9.17, 15) is 17.2 Å². The zero-order valence-electron chi connectivity index (χ0n) is 15.3. The molecule has 0 radical (unpaired) electrons. The second kappa shape index (κ2) is 9.26. The molecule has 10 heteroatoms. The summed E-state index contributed by atoms with van der Waals surface area (Å²) in [5.41, 5.74) is -0.391. The van der Waals surface area contributed by atoms with Crippen LogP contribution < -0.4 is 5.32 Å². The van der Waals surface area contributed by atoms with E-state index in [1.54, 1.807) is 0 Å². The molecule has 0 amide bonds. The highest BCUT2D eigenvalue weighted by atomic mass is 35.5. The topological polar surface area (TPSA) is 79.3 Å². The monoisotopic (exact) mass is 472 g/mol. The fourth-order valence-electron chi connectivity index (χ4n) is 2.91. The predicted molar refractivity (Wildman–Crippen MR) is 112 cm³/mol. The van der Waals surface area contributed by atoms with Crippen LogP contribution in [0, 0.1) is 11.6 Å². The quantitative estimate of drug-likeness (QED) is 0.523. The van der Waals surface area contributed by atoms with E-state index >= 15 is 0 Å². The van der Waals surface area contributed by atoms with Crippen molar-refractivity contribution in [2.24, 2.45) is 0 Å². The first-order chi connectivity index (χ1) is 14.2. The van der Waals surface area contributed by atoms with E-state index in [0.717, 1.165) is 18.2 Å². The number of sulfone groups is 1. The molecule has 5 nitrogen and oxygen atoms in total. The van der Waals surface area contributed by atoms with Gasteiger partial charge in [-0.2, -0.15) is 0 Å². The van der Waals surface area contributed by atoms with Crippen molar-refractivity contribution in [3.8, 4) is 0 Å². The van der Waals surface area contributed by atoms with Crippen LogP contribution in [0.5, 0.6) is 0 Å². The van der Waals surface area contributed by atoms with E-state index in [1.165, 1.54) is 36.5 Å². The Labute approximate surface area is 182 Å². The highest BCUT2D eigenvalue weighted by molar-refractivity contribution is 7.92. The van der Waals surface area contributed by atoms with Crippen LogP contribution >= 0.6 is 23.2 Å². The largest absolute Gasteiger partial charge is 0.395 e. The van der Waals surface area contributed by atoms with Gasteiger partial charge in [0.05, 0.1) is 16.5 Å². The van der Waals surface area contributed by atoms with E-state index in [-0.39, 0.29) is 34.5 Å². The van der Waals surface area contributed by atoms with Gasteiger partial charge in [0.1, 0.15) is 22.7 Å². The van der Waals surface area contributed by atoms with Crippen LogP contribution in [0.1, 0.15) is 16.4 Å². The van der Waals surface area contributed by atoms with Crippen molar-refractivity contribution < 1.29 is 22.3 Å². The smallest absolute Gasteiger partial charge is 0.189 e. The van der Waals surface area contributed by atoms with Gasteiger partial charge < -0.3 is 10.4 Å². The summed E-state index contributed by atoms with van der Waals surface area (Å²) in [5, 5.41) is 10.4. The molecule has 0 aliphatic carbocycles. The zero-order valence-corrected chi connectivity index (χ0v) is 17.6. The van der Waals surface area contributed by atoms with E-state index in [0.29, 0.717) is 5.02 Å². The lowest BCUT2D eigenvalue weighted by Gasteiger charge is -2.21.